The van der Waals surface area contributed by atoms with Gasteiger partial charge in [0, 0.05) is 65.5 Å². The topological polar surface area (TPSA) is 69.2 Å². The lowest BCUT2D eigenvalue weighted by atomic mass is 9.91. The van der Waals surface area contributed by atoms with E-state index in [2.05, 4.69) is 31.9 Å². The molecule has 2 aromatic carbocycles. The van der Waals surface area contributed by atoms with Gasteiger partial charge in [0.1, 0.15) is 12.4 Å². The van der Waals surface area contributed by atoms with Crippen molar-refractivity contribution in [3.8, 4) is 34.1 Å². The van der Waals surface area contributed by atoms with Crippen molar-refractivity contribution in [2.45, 2.75) is 6.54 Å². The van der Waals surface area contributed by atoms with Crippen molar-refractivity contribution in [2.24, 2.45) is 0 Å². The molecule has 2 aromatic heterocycles. The van der Waals surface area contributed by atoms with Gasteiger partial charge in [-0.25, -0.2) is 0 Å². The minimum absolute atomic E-state index is 0.555. The van der Waals surface area contributed by atoms with Crippen LogP contribution in [0.3, 0.4) is 0 Å². The number of fused-ring (bicyclic) bond motifs is 5. The fraction of sp³-hybridized carbons (Fsp3) is 0.286. The SMILES string of the molecule is COc1cc(N2Cc3cnccc3-c3cc(OCCN(C)C)c4ccncc4c32)cc(OC)c1OC. The van der Waals surface area contributed by atoms with Crippen molar-refractivity contribution in [2.75, 3.05) is 53.5 Å². The van der Waals surface area contributed by atoms with Gasteiger partial charge in [0.2, 0.25) is 5.75 Å². The normalized spacial score (nSPS) is 12.3. The van der Waals surface area contributed by atoms with E-state index in [9.17, 15) is 0 Å². The summed E-state index contributed by atoms with van der Waals surface area (Å²) >= 11 is 0. The van der Waals surface area contributed by atoms with Gasteiger partial charge in [-0.05, 0) is 43.4 Å². The standard InChI is InChI=1S/C28H30N4O4/c1-31(2)10-11-36-24-14-22-20-6-8-29-15-18(20)17-32(27(22)23-16-30-9-7-21(23)24)19-12-25(33-3)28(35-5)26(13-19)34-4/h6-9,12-16H,10-11,17H2,1-5H3. The lowest BCUT2D eigenvalue weighted by molar-refractivity contribution is 0.264. The number of hydrogen-bond donors (Lipinski definition) is 0. The molecular formula is C28H30N4O4. The number of anilines is 2. The van der Waals surface area contributed by atoms with Gasteiger partial charge in [0.25, 0.3) is 0 Å². The fourth-order valence-corrected chi connectivity index (χ4v) is 4.68. The van der Waals surface area contributed by atoms with Gasteiger partial charge in [-0.2, -0.15) is 0 Å². The minimum atomic E-state index is 0.555. The highest BCUT2D eigenvalue weighted by Gasteiger charge is 2.29. The molecule has 4 aromatic rings. The summed E-state index contributed by atoms with van der Waals surface area (Å²) < 4.78 is 23.2. The van der Waals surface area contributed by atoms with Crippen LogP contribution >= 0.6 is 0 Å². The monoisotopic (exact) mass is 486 g/mol. The number of likely N-dealkylation sites (N-methyl/N-ethyl adjacent to an activating group) is 1. The van der Waals surface area contributed by atoms with Crippen molar-refractivity contribution in [3.63, 3.8) is 0 Å². The van der Waals surface area contributed by atoms with Crippen molar-refractivity contribution in [3.05, 3.63) is 60.7 Å². The van der Waals surface area contributed by atoms with Crippen LogP contribution in [0, 0.1) is 0 Å². The third kappa shape index (κ3) is 4.13. The van der Waals surface area contributed by atoms with Crippen LogP contribution in [0.15, 0.2) is 55.1 Å². The van der Waals surface area contributed by atoms with E-state index in [-0.39, 0.29) is 0 Å². The number of aromatic nitrogens is 2. The average molecular weight is 487 g/mol. The largest absolute Gasteiger partial charge is 0.493 e. The van der Waals surface area contributed by atoms with E-state index in [1.807, 2.05) is 50.9 Å². The molecule has 1 aliphatic rings. The zero-order valence-corrected chi connectivity index (χ0v) is 21.2. The maximum absolute atomic E-state index is 6.30. The number of rotatable bonds is 8. The van der Waals surface area contributed by atoms with Crippen LogP contribution in [-0.4, -0.2) is 63.4 Å². The number of benzene rings is 2. The molecule has 0 fully saturated rings. The Kier molecular flexibility index (Phi) is 6.52. The van der Waals surface area contributed by atoms with E-state index in [0.717, 1.165) is 51.1 Å². The summed E-state index contributed by atoms with van der Waals surface area (Å²) in [7, 11) is 8.94. The van der Waals surface area contributed by atoms with E-state index >= 15 is 0 Å². The number of pyridine rings is 2. The van der Waals surface area contributed by atoms with Gasteiger partial charge < -0.3 is 28.7 Å². The van der Waals surface area contributed by atoms with Crippen LogP contribution in [-0.2, 0) is 6.54 Å². The molecule has 5 rings (SSSR count). The lowest BCUT2D eigenvalue weighted by Crippen LogP contribution is -2.23. The molecule has 0 radical (unpaired) electrons. The second kappa shape index (κ2) is 9.91. The third-order valence-corrected chi connectivity index (χ3v) is 6.42. The highest BCUT2D eigenvalue weighted by Crippen LogP contribution is 2.51. The van der Waals surface area contributed by atoms with Crippen LogP contribution in [0.2, 0.25) is 0 Å². The van der Waals surface area contributed by atoms with Crippen LogP contribution in [0.5, 0.6) is 23.0 Å². The second-order valence-corrected chi connectivity index (χ2v) is 8.85. The fourth-order valence-electron chi connectivity index (χ4n) is 4.68. The molecule has 0 aliphatic carbocycles. The molecule has 8 heteroatoms. The zero-order valence-electron chi connectivity index (χ0n) is 21.2. The Labute approximate surface area is 211 Å². The molecule has 186 valence electrons. The van der Waals surface area contributed by atoms with E-state index in [1.165, 1.54) is 0 Å². The lowest BCUT2D eigenvalue weighted by Gasteiger charge is -2.34. The van der Waals surface area contributed by atoms with Crippen LogP contribution in [0.25, 0.3) is 21.9 Å². The molecule has 0 amide bonds. The van der Waals surface area contributed by atoms with Crippen molar-refractivity contribution in [1.29, 1.82) is 0 Å². The van der Waals surface area contributed by atoms with E-state index in [1.54, 1.807) is 27.5 Å². The molecule has 1 aliphatic heterocycles. The summed E-state index contributed by atoms with van der Waals surface area (Å²) in [5.41, 5.74) is 5.26. The number of ether oxygens (including phenoxy) is 4. The zero-order chi connectivity index (χ0) is 25.2. The van der Waals surface area contributed by atoms with Crippen LogP contribution in [0.1, 0.15) is 5.56 Å². The third-order valence-electron chi connectivity index (χ3n) is 6.42. The molecule has 8 nitrogen and oxygen atoms in total. The quantitative estimate of drug-likeness (QED) is 0.348. The molecule has 3 heterocycles. The Bertz CT molecular complexity index is 1380. The summed E-state index contributed by atoms with van der Waals surface area (Å²) in [6, 6.07) is 10.1. The number of methoxy groups -OCH3 is 3. The first-order valence-corrected chi connectivity index (χ1v) is 11.7. The van der Waals surface area contributed by atoms with Gasteiger partial charge in [-0.3, -0.25) is 9.97 Å². The van der Waals surface area contributed by atoms with Crippen molar-refractivity contribution < 1.29 is 18.9 Å². The van der Waals surface area contributed by atoms with Gasteiger partial charge in [-0.15, -0.1) is 0 Å². The first-order valence-electron chi connectivity index (χ1n) is 11.7. The summed E-state index contributed by atoms with van der Waals surface area (Å²) in [5.74, 6) is 2.58. The van der Waals surface area contributed by atoms with E-state index in [4.69, 9.17) is 18.9 Å². The second-order valence-electron chi connectivity index (χ2n) is 8.85. The Morgan fingerprint density at radius 2 is 1.56 bits per heavy atom. The molecule has 0 unspecified atom stereocenters. The van der Waals surface area contributed by atoms with E-state index < -0.39 is 0 Å². The molecule has 0 spiro atoms. The number of hydrogen-bond acceptors (Lipinski definition) is 8. The highest BCUT2D eigenvalue weighted by atomic mass is 16.5. The first kappa shape index (κ1) is 23.7. The Morgan fingerprint density at radius 3 is 2.25 bits per heavy atom. The number of nitrogens with zero attached hydrogens (tertiary/aromatic N) is 4. The molecule has 0 atom stereocenters. The van der Waals surface area contributed by atoms with Gasteiger partial charge in [0.05, 0.1) is 33.6 Å². The van der Waals surface area contributed by atoms with Crippen molar-refractivity contribution in [1.82, 2.24) is 14.9 Å². The Balaban J connectivity index is 1.75. The summed E-state index contributed by atoms with van der Waals surface area (Å²) in [6.07, 6.45) is 7.46. The van der Waals surface area contributed by atoms with E-state index in [0.29, 0.717) is 30.4 Å². The Hall–Kier alpha value is -4.04. The summed E-state index contributed by atoms with van der Waals surface area (Å²) in [4.78, 5) is 13.2. The van der Waals surface area contributed by atoms with Gasteiger partial charge in [0.15, 0.2) is 11.5 Å². The van der Waals surface area contributed by atoms with Crippen molar-refractivity contribution >= 4 is 22.1 Å². The Morgan fingerprint density at radius 1 is 0.833 bits per heavy atom. The summed E-state index contributed by atoms with van der Waals surface area (Å²) in [5, 5.41) is 2.02. The van der Waals surface area contributed by atoms with Crippen LogP contribution < -0.4 is 23.8 Å². The molecule has 36 heavy (non-hydrogen) atoms. The predicted molar refractivity (Wildman–Crippen MR) is 141 cm³/mol. The molecule has 0 N–H and O–H groups in total. The molecule has 0 bridgehead atoms. The molecule has 0 saturated carbocycles. The average Bonchev–Trinajstić information content (AvgIpc) is 2.91. The maximum Gasteiger partial charge on any atom is 0.203 e. The van der Waals surface area contributed by atoms with Gasteiger partial charge >= 0.3 is 0 Å². The van der Waals surface area contributed by atoms with Crippen LogP contribution in [0.4, 0.5) is 11.4 Å². The summed E-state index contributed by atoms with van der Waals surface area (Å²) in [6.45, 7) is 2.03. The minimum Gasteiger partial charge on any atom is -0.493 e. The predicted octanol–water partition coefficient (Wildman–Crippen LogP) is 4.91. The molecule has 0 saturated heterocycles. The maximum atomic E-state index is 6.30. The van der Waals surface area contributed by atoms with Gasteiger partial charge in [-0.1, -0.05) is 0 Å². The first-order chi connectivity index (χ1) is 17.5. The smallest absolute Gasteiger partial charge is 0.203 e. The highest BCUT2D eigenvalue weighted by molar-refractivity contribution is 6.07. The molecular weight excluding hydrogens is 456 g/mol.